The number of carboxylic acid groups (broad SMARTS) is 1. The molecule has 29 heavy (non-hydrogen) atoms. The number of amides is 1. The normalized spacial score (nSPS) is 10.4. The molecule has 0 spiro atoms. The van der Waals surface area contributed by atoms with Gasteiger partial charge in [-0.05, 0) is 55.6 Å². The molecule has 3 rings (SSSR count). The lowest BCUT2D eigenvalue weighted by molar-refractivity contribution is -0.139. The summed E-state index contributed by atoms with van der Waals surface area (Å²) in [6.45, 7) is -0.208. The Morgan fingerprint density at radius 1 is 1.03 bits per heavy atom. The molecule has 150 valence electrons. The number of carbonyl (C=O) groups excluding carboxylic acids is 1. The molecule has 0 radical (unpaired) electrons. The molecule has 2 aromatic carbocycles. The first kappa shape index (κ1) is 20.9. The molecule has 0 aliphatic heterocycles. The quantitative estimate of drug-likeness (QED) is 0.392. The van der Waals surface area contributed by atoms with Gasteiger partial charge in [-0.25, -0.2) is 4.79 Å². The van der Waals surface area contributed by atoms with Crippen LogP contribution in [0.1, 0.15) is 16.1 Å². The minimum atomic E-state index is -1.09. The monoisotopic (exact) mass is 522 g/mol. The summed E-state index contributed by atoms with van der Waals surface area (Å²) >= 11 is 6.63. The second-order valence-corrected chi connectivity index (χ2v) is 7.56. The highest BCUT2D eigenvalue weighted by atomic mass is 79.9. The molecule has 0 saturated heterocycles. The Bertz CT molecular complexity index is 1000. The third-order valence-corrected chi connectivity index (χ3v) is 5.55. The Balaban J connectivity index is 1.81. The van der Waals surface area contributed by atoms with Crippen molar-refractivity contribution in [2.75, 3.05) is 11.9 Å². The van der Waals surface area contributed by atoms with Crippen LogP contribution in [0.15, 0.2) is 63.7 Å². The fourth-order valence-electron chi connectivity index (χ4n) is 2.41. The van der Waals surface area contributed by atoms with Gasteiger partial charge in [-0.3, -0.25) is 4.79 Å². The molecule has 1 heterocycles. The summed E-state index contributed by atoms with van der Waals surface area (Å²) < 4.78 is 12.5. The Kier molecular flexibility index (Phi) is 6.95. The van der Waals surface area contributed by atoms with Gasteiger partial charge in [0.25, 0.3) is 5.91 Å². The summed E-state index contributed by atoms with van der Waals surface area (Å²) in [4.78, 5) is 26.2. The number of carbonyl (C=O) groups is 2. The van der Waals surface area contributed by atoms with Crippen molar-refractivity contribution in [3.63, 3.8) is 0 Å². The highest BCUT2D eigenvalue weighted by Crippen LogP contribution is 2.31. The molecule has 1 amide bonds. The van der Waals surface area contributed by atoms with E-state index in [0.717, 1.165) is 10.0 Å². The molecule has 0 fully saturated rings. The van der Waals surface area contributed by atoms with Crippen LogP contribution < -0.4 is 14.8 Å². The number of rotatable bonds is 8. The maximum Gasteiger partial charge on any atom is 0.341 e. The fourth-order valence-corrected chi connectivity index (χ4v) is 3.07. The SMILES string of the molecule is O=C(O)COc1ccc(NC(=O)c2cc(Br)c(Br)[nH]2)c(OCc2ccccc2)c1. The topological polar surface area (TPSA) is 101 Å². The van der Waals surface area contributed by atoms with Gasteiger partial charge in [0.05, 0.1) is 14.8 Å². The molecule has 0 saturated carbocycles. The van der Waals surface area contributed by atoms with Crippen molar-refractivity contribution in [1.29, 1.82) is 0 Å². The van der Waals surface area contributed by atoms with Crippen LogP contribution in [0.25, 0.3) is 0 Å². The lowest BCUT2D eigenvalue weighted by Gasteiger charge is -2.14. The minimum Gasteiger partial charge on any atom is -0.487 e. The van der Waals surface area contributed by atoms with Crippen LogP contribution in [0.4, 0.5) is 5.69 Å². The molecular weight excluding hydrogens is 508 g/mol. The molecule has 1 aromatic heterocycles. The first-order valence-electron chi connectivity index (χ1n) is 8.43. The van der Waals surface area contributed by atoms with Crippen molar-refractivity contribution in [2.24, 2.45) is 0 Å². The van der Waals surface area contributed by atoms with E-state index in [1.165, 1.54) is 0 Å². The van der Waals surface area contributed by atoms with Gasteiger partial charge in [-0.15, -0.1) is 0 Å². The number of carboxylic acids is 1. The zero-order valence-corrected chi connectivity index (χ0v) is 18.1. The fraction of sp³-hybridized carbons (Fsp3) is 0.100. The van der Waals surface area contributed by atoms with E-state index in [0.29, 0.717) is 27.5 Å². The van der Waals surface area contributed by atoms with E-state index in [2.05, 4.69) is 42.2 Å². The van der Waals surface area contributed by atoms with E-state index in [4.69, 9.17) is 14.6 Å². The zero-order valence-electron chi connectivity index (χ0n) is 14.9. The number of H-pyrrole nitrogens is 1. The Labute approximate surface area is 183 Å². The summed E-state index contributed by atoms with van der Waals surface area (Å²) in [5.41, 5.74) is 1.72. The molecule has 0 aliphatic carbocycles. The van der Waals surface area contributed by atoms with Gasteiger partial charge in [-0.1, -0.05) is 30.3 Å². The van der Waals surface area contributed by atoms with E-state index < -0.39 is 12.6 Å². The van der Waals surface area contributed by atoms with E-state index in [-0.39, 0.29) is 12.5 Å². The van der Waals surface area contributed by atoms with E-state index in [9.17, 15) is 9.59 Å². The number of aliphatic carboxylic acids is 1. The Hall–Kier alpha value is -2.78. The standard InChI is InChI=1S/C20H16Br2N2O5/c21-14-9-16(23-19(14)22)20(27)24-15-7-6-13(28-11-18(25)26)8-17(15)29-10-12-4-2-1-3-5-12/h1-9,23H,10-11H2,(H,24,27)(H,25,26). The number of anilines is 1. The number of benzene rings is 2. The van der Waals surface area contributed by atoms with Crippen LogP contribution in [-0.2, 0) is 11.4 Å². The predicted octanol–water partition coefficient (Wildman–Crippen LogP) is 4.83. The van der Waals surface area contributed by atoms with Crippen molar-refractivity contribution in [3.8, 4) is 11.5 Å². The van der Waals surface area contributed by atoms with Crippen LogP contribution in [0.2, 0.25) is 0 Å². The summed E-state index contributed by atoms with van der Waals surface area (Å²) in [7, 11) is 0. The van der Waals surface area contributed by atoms with Gasteiger partial charge in [0.2, 0.25) is 0 Å². The molecule has 0 unspecified atom stereocenters. The maximum atomic E-state index is 12.6. The van der Waals surface area contributed by atoms with Gasteiger partial charge in [-0.2, -0.15) is 0 Å². The second-order valence-electron chi connectivity index (χ2n) is 5.91. The predicted molar refractivity (Wildman–Crippen MR) is 114 cm³/mol. The van der Waals surface area contributed by atoms with Crippen molar-refractivity contribution < 1.29 is 24.2 Å². The number of ether oxygens (including phenoxy) is 2. The Morgan fingerprint density at radius 3 is 2.45 bits per heavy atom. The molecule has 3 N–H and O–H groups in total. The van der Waals surface area contributed by atoms with Crippen LogP contribution in [0, 0.1) is 0 Å². The Morgan fingerprint density at radius 2 is 1.79 bits per heavy atom. The average Bonchev–Trinajstić information content (AvgIpc) is 3.05. The van der Waals surface area contributed by atoms with E-state index >= 15 is 0 Å². The number of halogens is 2. The number of aromatic amines is 1. The smallest absolute Gasteiger partial charge is 0.341 e. The van der Waals surface area contributed by atoms with Gasteiger partial charge in [0.1, 0.15) is 23.8 Å². The van der Waals surface area contributed by atoms with Gasteiger partial charge >= 0.3 is 5.97 Å². The third-order valence-electron chi connectivity index (χ3n) is 3.77. The van der Waals surface area contributed by atoms with Crippen molar-refractivity contribution in [1.82, 2.24) is 4.98 Å². The summed E-state index contributed by atoms with van der Waals surface area (Å²) in [6.07, 6.45) is 0. The first-order valence-corrected chi connectivity index (χ1v) is 10.0. The van der Waals surface area contributed by atoms with Gasteiger partial charge in [0, 0.05) is 6.07 Å². The van der Waals surface area contributed by atoms with Crippen molar-refractivity contribution in [2.45, 2.75) is 6.61 Å². The summed E-state index contributed by atoms with van der Waals surface area (Å²) in [6, 6.07) is 15.9. The third kappa shape index (κ3) is 5.85. The average molecular weight is 524 g/mol. The van der Waals surface area contributed by atoms with Gasteiger partial charge in [0.15, 0.2) is 6.61 Å². The highest BCUT2D eigenvalue weighted by molar-refractivity contribution is 9.13. The number of hydrogen-bond donors (Lipinski definition) is 3. The maximum absolute atomic E-state index is 12.6. The zero-order chi connectivity index (χ0) is 20.8. The highest BCUT2D eigenvalue weighted by Gasteiger charge is 2.15. The largest absolute Gasteiger partial charge is 0.487 e. The first-order chi connectivity index (χ1) is 13.9. The van der Waals surface area contributed by atoms with Gasteiger partial charge < -0.3 is 24.9 Å². The molecule has 7 nitrogen and oxygen atoms in total. The molecule has 0 aliphatic rings. The van der Waals surface area contributed by atoms with Crippen molar-refractivity contribution in [3.05, 3.63) is 74.9 Å². The number of nitrogens with one attached hydrogen (secondary N) is 2. The lowest BCUT2D eigenvalue weighted by atomic mass is 10.2. The summed E-state index contributed by atoms with van der Waals surface area (Å²) in [5.74, 6) is -0.772. The van der Waals surface area contributed by atoms with Crippen LogP contribution >= 0.6 is 31.9 Å². The van der Waals surface area contributed by atoms with Crippen molar-refractivity contribution >= 4 is 49.4 Å². The lowest BCUT2D eigenvalue weighted by Crippen LogP contribution is -2.14. The van der Waals surface area contributed by atoms with Crippen LogP contribution in [0.3, 0.4) is 0 Å². The van der Waals surface area contributed by atoms with Crippen LogP contribution in [-0.4, -0.2) is 28.6 Å². The molecule has 9 heteroatoms. The molecule has 3 aromatic rings. The second kappa shape index (κ2) is 9.62. The van der Waals surface area contributed by atoms with E-state index in [1.54, 1.807) is 24.3 Å². The minimum absolute atomic E-state index is 0.270. The number of aromatic nitrogens is 1. The summed E-state index contributed by atoms with van der Waals surface area (Å²) in [5, 5.41) is 11.6. The van der Waals surface area contributed by atoms with Crippen LogP contribution in [0.5, 0.6) is 11.5 Å². The molecule has 0 bridgehead atoms. The number of hydrogen-bond acceptors (Lipinski definition) is 4. The molecule has 0 atom stereocenters. The van der Waals surface area contributed by atoms with E-state index in [1.807, 2.05) is 30.3 Å². The molecular formula is C20H16Br2N2O5.